The topological polar surface area (TPSA) is 45.1 Å². The van der Waals surface area contributed by atoms with E-state index in [-0.39, 0.29) is 0 Å². The van der Waals surface area contributed by atoms with E-state index in [1.54, 1.807) is 0 Å². The molecular formula is C19H29N5. The molecule has 0 bridgehead atoms. The zero-order valence-corrected chi connectivity index (χ0v) is 15.2. The molecule has 1 aliphatic heterocycles. The van der Waals surface area contributed by atoms with Crippen LogP contribution in [0.3, 0.4) is 0 Å². The highest BCUT2D eigenvalue weighted by Crippen LogP contribution is 2.19. The molecule has 3 rings (SSSR count). The lowest BCUT2D eigenvalue weighted by Gasteiger charge is -2.22. The molecule has 5 nitrogen and oxygen atoms in total. The van der Waals surface area contributed by atoms with Crippen molar-refractivity contribution >= 4 is 0 Å². The zero-order chi connectivity index (χ0) is 17.1. The molecule has 1 aromatic heterocycles. The van der Waals surface area contributed by atoms with Crippen LogP contribution in [-0.2, 0) is 6.54 Å². The normalized spacial score (nSPS) is 24.0. The van der Waals surface area contributed by atoms with Crippen molar-refractivity contribution in [2.24, 2.45) is 5.92 Å². The predicted molar refractivity (Wildman–Crippen MR) is 97.9 cm³/mol. The van der Waals surface area contributed by atoms with Gasteiger partial charge in [0.1, 0.15) is 0 Å². The SMILES string of the molecule is Cc1ccccc1-n1cc(CN(C)CCC2C(C)NNC2C)cn1. The fourth-order valence-electron chi connectivity index (χ4n) is 3.56. The highest BCUT2D eigenvalue weighted by atomic mass is 15.4. The number of hydrazine groups is 1. The van der Waals surface area contributed by atoms with E-state index in [0.717, 1.165) is 18.8 Å². The van der Waals surface area contributed by atoms with Crippen LogP contribution in [0.5, 0.6) is 0 Å². The molecule has 0 radical (unpaired) electrons. The number of aromatic nitrogens is 2. The van der Waals surface area contributed by atoms with E-state index in [9.17, 15) is 0 Å². The Kier molecular flexibility index (Phi) is 5.33. The van der Waals surface area contributed by atoms with Crippen LogP contribution in [0.15, 0.2) is 36.7 Å². The van der Waals surface area contributed by atoms with E-state index in [2.05, 4.69) is 79.1 Å². The predicted octanol–water partition coefficient (Wildman–Crippen LogP) is 2.50. The fraction of sp³-hybridized carbons (Fsp3) is 0.526. The molecule has 1 saturated heterocycles. The summed E-state index contributed by atoms with van der Waals surface area (Å²) in [6.45, 7) is 8.66. The van der Waals surface area contributed by atoms with Gasteiger partial charge in [-0.25, -0.2) is 4.68 Å². The molecular weight excluding hydrogens is 298 g/mol. The first-order valence-electron chi connectivity index (χ1n) is 8.83. The lowest BCUT2D eigenvalue weighted by molar-refractivity contribution is 0.279. The van der Waals surface area contributed by atoms with Gasteiger partial charge in [0.2, 0.25) is 0 Å². The molecule has 0 amide bonds. The molecule has 2 atom stereocenters. The third-order valence-corrected chi connectivity index (χ3v) is 5.12. The molecule has 1 fully saturated rings. The second kappa shape index (κ2) is 7.47. The minimum absolute atomic E-state index is 0.539. The van der Waals surface area contributed by atoms with Gasteiger partial charge in [0.15, 0.2) is 0 Å². The average Bonchev–Trinajstić information content (AvgIpc) is 3.13. The van der Waals surface area contributed by atoms with Crippen molar-refractivity contribution in [1.82, 2.24) is 25.5 Å². The lowest BCUT2D eigenvalue weighted by atomic mass is 9.93. The van der Waals surface area contributed by atoms with Crippen LogP contribution in [0.1, 0.15) is 31.4 Å². The van der Waals surface area contributed by atoms with Crippen LogP contribution in [0.25, 0.3) is 5.69 Å². The van der Waals surface area contributed by atoms with Crippen molar-refractivity contribution in [1.29, 1.82) is 0 Å². The van der Waals surface area contributed by atoms with Gasteiger partial charge in [0.05, 0.1) is 11.9 Å². The van der Waals surface area contributed by atoms with E-state index in [0.29, 0.717) is 18.0 Å². The van der Waals surface area contributed by atoms with Crippen LogP contribution in [0.4, 0.5) is 0 Å². The largest absolute Gasteiger partial charge is 0.302 e. The van der Waals surface area contributed by atoms with E-state index in [1.165, 1.54) is 17.5 Å². The molecule has 1 aliphatic rings. The Hall–Kier alpha value is -1.69. The lowest BCUT2D eigenvalue weighted by Crippen LogP contribution is -2.30. The second-order valence-corrected chi connectivity index (χ2v) is 7.14. The summed E-state index contributed by atoms with van der Waals surface area (Å²) >= 11 is 0. The zero-order valence-electron chi connectivity index (χ0n) is 15.2. The van der Waals surface area contributed by atoms with Gasteiger partial charge in [0.25, 0.3) is 0 Å². The Labute approximate surface area is 145 Å². The van der Waals surface area contributed by atoms with E-state index >= 15 is 0 Å². The molecule has 2 N–H and O–H groups in total. The van der Waals surface area contributed by atoms with E-state index in [4.69, 9.17) is 0 Å². The highest BCUT2D eigenvalue weighted by molar-refractivity contribution is 5.39. The standard InChI is InChI=1S/C19H29N5/c1-14-7-5-6-8-19(14)24-13-17(11-20-24)12-23(4)10-9-18-15(2)21-22-16(18)3/h5-8,11,13,15-16,18,21-22H,9-10,12H2,1-4H3. The van der Waals surface area contributed by atoms with Gasteiger partial charge in [-0.15, -0.1) is 0 Å². The summed E-state index contributed by atoms with van der Waals surface area (Å²) in [5, 5.41) is 4.53. The van der Waals surface area contributed by atoms with Gasteiger partial charge in [-0.05, 0) is 58.3 Å². The van der Waals surface area contributed by atoms with Gasteiger partial charge in [-0.2, -0.15) is 5.10 Å². The summed E-state index contributed by atoms with van der Waals surface area (Å²) < 4.78 is 1.98. The Morgan fingerprint density at radius 2 is 1.88 bits per heavy atom. The molecule has 5 heteroatoms. The van der Waals surface area contributed by atoms with Crippen LogP contribution >= 0.6 is 0 Å². The summed E-state index contributed by atoms with van der Waals surface area (Å²) in [6.07, 6.45) is 5.32. The van der Waals surface area contributed by atoms with Crippen molar-refractivity contribution in [2.75, 3.05) is 13.6 Å². The molecule has 2 aromatic rings. The maximum atomic E-state index is 4.53. The maximum Gasteiger partial charge on any atom is 0.0674 e. The van der Waals surface area contributed by atoms with Crippen LogP contribution in [0.2, 0.25) is 0 Å². The molecule has 2 unspecified atom stereocenters. The van der Waals surface area contributed by atoms with Gasteiger partial charge >= 0.3 is 0 Å². The molecule has 24 heavy (non-hydrogen) atoms. The Morgan fingerprint density at radius 1 is 1.17 bits per heavy atom. The van der Waals surface area contributed by atoms with Crippen molar-refractivity contribution < 1.29 is 0 Å². The number of para-hydroxylation sites is 1. The smallest absolute Gasteiger partial charge is 0.0674 e. The Bertz CT molecular complexity index is 655. The fourth-order valence-corrected chi connectivity index (χ4v) is 3.56. The number of aryl methyl sites for hydroxylation is 1. The minimum Gasteiger partial charge on any atom is -0.302 e. The van der Waals surface area contributed by atoms with Gasteiger partial charge in [-0.3, -0.25) is 10.9 Å². The number of benzene rings is 1. The number of hydrogen-bond acceptors (Lipinski definition) is 4. The van der Waals surface area contributed by atoms with E-state index in [1.807, 2.05) is 10.9 Å². The van der Waals surface area contributed by atoms with Crippen LogP contribution in [0, 0.1) is 12.8 Å². The van der Waals surface area contributed by atoms with Crippen LogP contribution < -0.4 is 10.9 Å². The first kappa shape index (κ1) is 17.1. The Balaban J connectivity index is 1.56. The van der Waals surface area contributed by atoms with Gasteiger partial charge in [-0.1, -0.05) is 18.2 Å². The number of rotatable bonds is 6. The molecule has 1 aromatic carbocycles. The second-order valence-electron chi connectivity index (χ2n) is 7.14. The third kappa shape index (κ3) is 3.86. The first-order chi connectivity index (χ1) is 11.5. The van der Waals surface area contributed by atoms with E-state index < -0.39 is 0 Å². The number of nitrogens with zero attached hydrogens (tertiary/aromatic N) is 3. The molecule has 2 heterocycles. The summed E-state index contributed by atoms with van der Waals surface area (Å²) in [6, 6.07) is 9.43. The van der Waals surface area contributed by atoms with Crippen molar-refractivity contribution in [3.8, 4) is 5.69 Å². The average molecular weight is 327 g/mol. The summed E-state index contributed by atoms with van der Waals surface area (Å²) in [7, 11) is 2.19. The third-order valence-electron chi connectivity index (χ3n) is 5.12. The molecule has 0 saturated carbocycles. The molecule has 0 spiro atoms. The summed E-state index contributed by atoms with van der Waals surface area (Å²) in [4.78, 5) is 2.39. The van der Waals surface area contributed by atoms with Gasteiger partial charge < -0.3 is 4.90 Å². The maximum absolute atomic E-state index is 4.53. The van der Waals surface area contributed by atoms with Gasteiger partial charge in [0, 0.05) is 30.4 Å². The molecule has 0 aliphatic carbocycles. The highest BCUT2D eigenvalue weighted by Gasteiger charge is 2.29. The van der Waals surface area contributed by atoms with Crippen molar-refractivity contribution in [2.45, 2.75) is 45.8 Å². The molecule has 130 valence electrons. The van der Waals surface area contributed by atoms with Crippen molar-refractivity contribution in [3.63, 3.8) is 0 Å². The summed E-state index contributed by atoms with van der Waals surface area (Å²) in [5.74, 6) is 0.683. The number of hydrogen-bond donors (Lipinski definition) is 2. The minimum atomic E-state index is 0.539. The van der Waals surface area contributed by atoms with Crippen LogP contribution in [-0.4, -0.2) is 40.4 Å². The Morgan fingerprint density at radius 3 is 2.58 bits per heavy atom. The number of nitrogens with one attached hydrogen (secondary N) is 2. The quantitative estimate of drug-likeness (QED) is 0.856. The first-order valence-corrected chi connectivity index (χ1v) is 8.83. The monoisotopic (exact) mass is 327 g/mol. The van der Waals surface area contributed by atoms with Crippen molar-refractivity contribution in [3.05, 3.63) is 47.8 Å². The summed E-state index contributed by atoms with van der Waals surface area (Å²) in [5.41, 5.74) is 10.3.